The van der Waals surface area contributed by atoms with E-state index in [0.29, 0.717) is 0 Å². The normalized spacial score (nSPS) is 11.4. The molecular formula is C60H42N4. The third-order valence-electron chi connectivity index (χ3n) is 12.4. The van der Waals surface area contributed by atoms with E-state index in [2.05, 4.69) is 274 Å². The molecule has 0 amide bonds. The predicted octanol–water partition coefficient (Wildman–Crippen LogP) is 16.5. The molecule has 0 saturated carbocycles. The second-order valence-corrected chi connectivity index (χ2v) is 16.2. The maximum atomic E-state index is 2.39. The highest BCUT2D eigenvalue weighted by Gasteiger charge is 2.20. The van der Waals surface area contributed by atoms with Crippen molar-refractivity contribution in [3.63, 3.8) is 0 Å². The maximum absolute atomic E-state index is 2.39. The van der Waals surface area contributed by atoms with Crippen LogP contribution in [-0.2, 0) is 0 Å². The summed E-state index contributed by atoms with van der Waals surface area (Å²) in [5, 5.41) is 4.93. The van der Waals surface area contributed by atoms with E-state index in [4.69, 9.17) is 0 Å². The van der Waals surface area contributed by atoms with E-state index in [1.807, 2.05) is 0 Å². The molecule has 0 aliphatic carbocycles. The molecular weight excluding hydrogens is 777 g/mol. The van der Waals surface area contributed by atoms with Crippen molar-refractivity contribution < 1.29 is 0 Å². The third kappa shape index (κ3) is 6.40. The van der Waals surface area contributed by atoms with Gasteiger partial charge in [0, 0.05) is 67.0 Å². The first-order valence-electron chi connectivity index (χ1n) is 21.8. The highest BCUT2D eigenvalue weighted by molar-refractivity contribution is 6.11. The molecule has 2 heterocycles. The summed E-state index contributed by atoms with van der Waals surface area (Å²) in [6.45, 7) is 0. The van der Waals surface area contributed by atoms with Crippen molar-refractivity contribution in [3.8, 4) is 22.5 Å². The quantitative estimate of drug-likeness (QED) is 0.144. The molecule has 4 heteroatoms. The Labute approximate surface area is 372 Å². The smallest absolute Gasteiger partial charge is 0.0561 e. The summed E-state index contributed by atoms with van der Waals surface area (Å²) >= 11 is 0. The van der Waals surface area contributed by atoms with E-state index in [-0.39, 0.29) is 0 Å². The van der Waals surface area contributed by atoms with Crippen LogP contribution in [0.2, 0.25) is 0 Å². The zero-order valence-corrected chi connectivity index (χ0v) is 35.0. The van der Waals surface area contributed by atoms with Gasteiger partial charge in [-0.1, -0.05) is 146 Å². The number of nitrogens with zero attached hydrogens (tertiary/aromatic N) is 4. The van der Waals surface area contributed by atoms with Gasteiger partial charge in [-0.15, -0.1) is 0 Å². The van der Waals surface area contributed by atoms with E-state index in [9.17, 15) is 0 Å². The molecule has 0 aliphatic heterocycles. The maximum Gasteiger partial charge on any atom is 0.0561 e. The summed E-state index contributed by atoms with van der Waals surface area (Å²) in [5.74, 6) is 0. The summed E-state index contributed by atoms with van der Waals surface area (Å²) in [6, 6.07) is 91.8. The van der Waals surface area contributed by atoms with Gasteiger partial charge >= 0.3 is 0 Å². The summed E-state index contributed by atoms with van der Waals surface area (Å²) in [4.78, 5) is 4.74. The number of anilines is 6. The molecule has 0 radical (unpaired) electrons. The Morgan fingerprint density at radius 2 is 0.547 bits per heavy atom. The number of rotatable bonds is 9. The van der Waals surface area contributed by atoms with Gasteiger partial charge < -0.3 is 18.9 Å². The zero-order chi connectivity index (χ0) is 42.4. The van der Waals surface area contributed by atoms with Gasteiger partial charge in [0.1, 0.15) is 0 Å². The highest BCUT2D eigenvalue weighted by Crippen LogP contribution is 2.43. The molecule has 64 heavy (non-hydrogen) atoms. The predicted molar refractivity (Wildman–Crippen MR) is 270 cm³/mol. The largest absolute Gasteiger partial charge is 0.310 e. The van der Waals surface area contributed by atoms with Crippen molar-refractivity contribution >= 4 is 77.7 Å². The highest BCUT2D eigenvalue weighted by atomic mass is 15.2. The minimum absolute atomic E-state index is 1.08. The van der Waals surface area contributed by atoms with Gasteiger partial charge in [-0.3, -0.25) is 0 Å². The molecule has 0 saturated heterocycles. The molecule has 12 rings (SSSR count). The first kappa shape index (κ1) is 37.2. The molecule has 0 aliphatic rings. The van der Waals surface area contributed by atoms with Gasteiger partial charge in [-0.05, 0) is 120 Å². The van der Waals surface area contributed by atoms with Crippen LogP contribution in [0.15, 0.2) is 255 Å². The Hall–Kier alpha value is -8.60. The van der Waals surface area contributed by atoms with Crippen LogP contribution in [0.5, 0.6) is 0 Å². The second-order valence-electron chi connectivity index (χ2n) is 16.2. The van der Waals surface area contributed by atoms with Crippen molar-refractivity contribution in [3.05, 3.63) is 255 Å². The first-order valence-corrected chi connectivity index (χ1v) is 21.8. The molecule has 10 aromatic carbocycles. The Morgan fingerprint density at radius 3 is 0.969 bits per heavy atom. The molecule has 2 aromatic heterocycles. The van der Waals surface area contributed by atoms with Crippen molar-refractivity contribution in [2.75, 3.05) is 9.80 Å². The third-order valence-corrected chi connectivity index (χ3v) is 12.4. The molecule has 0 N–H and O–H groups in total. The summed E-state index contributed by atoms with van der Waals surface area (Å²) < 4.78 is 4.77. The van der Waals surface area contributed by atoms with Crippen LogP contribution >= 0.6 is 0 Å². The molecule has 302 valence electrons. The number of para-hydroxylation sites is 6. The number of aromatic nitrogens is 2. The Balaban J connectivity index is 0.986. The van der Waals surface area contributed by atoms with Gasteiger partial charge in [-0.25, -0.2) is 0 Å². The topological polar surface area (TPSA) is 16.3 Å². The van der Waals surface area contributed by atoms with Crippen molar-refractivity contribution in [2.45, 2.75) is 0 Å². The standard InChI is InChI=1S/C60H42N4/c1-5-21-45(22-6-1)61(51-35-37-55-53-31-13-15-33-57(53)63(59(55)41-51)47-25-9-3-10-26-47)49-29-17-19-43(39-49)44-20-18-30-50(40-44)62(46-23-7-2-8-24-46)52-36-38-56-54-32-14-16-34-58(54)64(60(56)42-52)48-27-11-4-12-28-48/h1-42H. The molecule has 0 unspecified atom stereocenters. The SMILES string of the molecule is c1ccc(N(c2cccc(-c3cccc(N(c4ccccc4)c4ccc5c6ccccc6n(-c6ccccc6)c5c4)c3)c2)c2ccc3c4ccccc4n(-c4ccccc4)c3c2)cc1. The van der Waals surface area contributed by atoms with Gasteiger partial charge in [-0.2, -0.15) is 0 Å². The van der Waals surface area contributed by atoms with E-state index in [1.165, 1.54) is 32.6 Å². The molecule has 0 atom stereocenters. The minimum Gasteiger partial charge on any atom is -0.310 e. The number of hydrogen-bond donors (Lipinski definition) is 0. The fourth-order valence-electron chi connectivity index (χ4n) is 9.60. The Bertz CT molecular complexity index is 3370. The Morgan fingerprint density at radius 1 is 0.219 bits per heavy atom. The first-order chi connectivity index (χ1) is 31.8. The van der Waals surface area contributed by atoms with Crippen molar-refractivity contribution in [1.82, 2.24) is 9.13 Å². The van der Waals surface area contributed by atoms with Crippen LogP contribution in [0, 0.1) is 0 Å². The van der Waals surface area contributed by atoms with Crippen LogP contribution in [0.3, 0.4) is 0 Å². The van der Waals surface area contributed by atoms with Gasteiger partial charge in [0.15, 0.2) is 0 Å². The molecule has 4 nitrogen and oxygen atoms in total. The lowest BCUT2D eigenvalue weighted by atomic mass is 10.0. The van der Waals surface area contributed by atoms with Crippen LogP contribution in [0.4, 0.5) is 34.1 Å². The Kier molecular flexibility index (Phi) is 9.12. The van der Waals surface area contributed by atoms with Crippen LogP contribution in [0.25, 0.3) is 66.1 Å². The summed E-state index contributed by atoms with van der Waals surface area (Å²) in [6.07, 6.45) is 0. The van der Waals surface area contributed by atoms with E-state index >= 15 is 0 Å². The van der Waals surface area contributed by atoms with Gasteiger partial charge in [0.25, 0.3) is 0 Å². The van der Waals surface area contributed by atoms with E-state index < -0.39 is 0 Å². The zero-order valence-electron chi connectivity index (χ0n) is 35.0. The average Bonchev–Trinajstić information content (AvgIpc) is 3.88. The fourth-order valence-corrected chi connectivity index (χ4v) is 9.60. The van der Waals surface area contributed by atoms with Gasteiger partial charge in [0.2, 0.25) is 0 Å². The molecule has 0 spiro atoms. The molecule has 12 aromatic rings. The van der Waals surface area contributed by atoms with Crippen molar-refractivity contribution in [2.24, 2.45) is 0 Å². The monoisotopic (exact) mass is 818 g/mol. The fraction of sp³-hybridized carbons (Fsp3) is 0. The van der Waals surface area contributed by atoms with Crippen LogP contribution < -0.4 is 9.80 Å². The van der Waals surface area contributed by atoms with Gasteiger partial charge in [0.05, 0.1) is 22.1 Å². The minimum atomic E-state index is 1.08. The lowest BCUT2D eigenvalue weighted by Crippen LogP contribution is -2.10. The number of fused-ring (bicyclic) bond motifs is 6. The summed E-state index contributed by atoms with van der Waals surface area (Å²) in [7, 11) is 0. The lowest BCUT2D eigenvalue weighted by Gasteiger charge is -2.27. The van der Waals surface area contributed by atoms with Crippen molar-refractivity contribution in [1.29, 1.82) is 0 Å². The molecule has 0 bridgehead atoms. The number of hydrogen-bond acceptors (Lipinski definition) is 2. The number of benzene rings is 10. The summed E-state index contributed by atoms with van der Waals surface area (Å²) in [5.41, 5.74) is 15.8. The molecule has 0 fully saturated rings. The van der Waals surface area contributed by atoms with E-state index in [1.54, 1.807) is 0 Å². The second kappa shape index (κ2) is 15.7. The average molecular weight is 819 g/mol. The van der Waals surface area contributed by atoms with Crippen LogP contribution in [0.1, 0.15) is 0 Å². The van der Waals surface area contributed by atoms with Crippen LogP contribution in [-0.4, -0.2) is 9.13 Å². The lowest BCUT2D eigenvalue weighted by molar-refractivity contribution is 1.18. The van der Waals surface area contributed by atoms with E-state index in [0.717, 1.165) is 67.7 Å².